The maximum Gasteiger partial charge on any atom is 0.230 e. The fourth-order valence-electron chi connectivity index (χ4n) is 5.02. The molecule has 1 saturated carbocycles. The van der Waals surface area contributed by atoms with Crippen LogP contribution in [-0.4, -0.2) is 47.7 Å². The number of halogens is 2. The van der Waals surface area contributed by atoms with Gasteiger partial charge in [0.15, 0.2) is 0 Å². The summed E-state index contributed by atoms with van der Waals surface area (Å²) in [5.41, 5.74) is -0.0627. The van der Waals surface area contributed by atoms with Crippen LogP contribution in [-0.2, 0) is 4.79 Å². The zero-order chi connectivity index (χ0) is 18.3. The molecule has 142 valence electrons. The van der Waals surface area contributed by atoms with Gasteiger partial charge in [-0.3, -0.25) is 4.79 Å². The minimum atomic E-state index is -0.583. The normalized spacial score (nSPS) is 32.5. The molecule has 1 aromatic rings. The molecule has 1 amide bonds. The zero-order valence-corrected chi connectivity index (χ0v) is 15.0. The first-order chi connectivity index (χ1) is 12.5. The number of carbonyl (C=O) groups is 1. The second-order valence-corrected chi connectivity index (χ2v) is 8.11. The highest BCUT2D eigenvalue weighted by Crippen LogP contribution is 2.43. The molecule has 26 heavy (non-hydrogen) atoms. The standard InChI is InChI=1S/C20H26F2N2O2/c21-14-2-7-18(17(22)12-14)23-10-1-8-20(13-23)9-11-24(19(20)26)15-3-5-16(25)6-4-15/h2,7,12,15-16,25H,1,3-6,8-11,13H2/t15-,16-,20?. The van der Waals surface area contributed by atoms with Crippen LogP contribution in [0.5, 0.6) is 0 Å². The predicted molar refractivity (Wildman–Crippen MR) is 94.8 cm³/mol. The Labute approximate surface area is 152 Å². The number of aliphatic hydroxyl groups excluding tert-OH is 1. The smallest absolute Gasteiger partial charge is 0.230 e. The van der Waals surface area contributed by atoms with Crippen molar-refractivity contribution in [3.63, 3.8) is 0 Å². The van der Waals surface area contributed by atoms with Gasteiger partial charge in [0.2, 0.25) is 5.91 Å². The third-order valence-electron chi connectivity index (χ3n) is 6.48. The van der Waals surface area contributed by atoms with Crippen LogP contribution < -0.4 is 4.90 Å². The number of benzene rings is 1. The summed E-state index contributed by atoms with van der Waals surface area (Å²) in [6, 6.07) is 3.88. The molecule has 2 heterocycles. The molecule has 4 nitrogen and oxygen atoms in total. The van der Waals surface area contributed by atoms with Crippen molar-refractivity contribution < 1.29 is 18.7 Å². The van der Waals surface area contributed by atoms with E-state index in [1.165, 1.54) is 12.1 Å². The number of hydrogen-bond acceptors (Lipinski definition) is 3. The van der Waals surface area contributed by atoms with Gasteiger partial charge in [-0.25, -0.2) is 8.78 Å². The van der Waals surface area contributed by atoms with E-state index in [1.54, 1.807) is 0 Å². The van der Waals surface area contributed by atoms with Crippen LogP contribution in [0.2, 0.25) is 0 Å². The first-order valence-corrected chi connectivity index (χ1v) is 9.68. The van der Waals surface area contributed by atoms with E-state index in [0.29, 0.717) is 18.8 Å². The third-order valence-corrected chi connectivity index (χ3v) is 6.48. The van der Waals surface area contributed by atoms with Crippen LogP contribution in [0.3, 0.4) is 0 Å². The second-order valence-electron chi connectivity index (χ2n) is 8.11. The van der Waals surface area contributed by atoms with E-state index in [0.717, 1.165) is 57.6 Å². The van der Waals surface area contributed by atoms with E-state index in [4.69, 9.17) is 0 Å². The lowest BCUT2D eigenvalue weighted by Crippen LogP contribution is -2.50. The average Bonchev–Trinajstić information content (AvgIpc) is 2.92. The van der Waals surface area contributed by atoms with Crippen LogP contribution in [0.25, 0.3) is 0 Å². The highest BCUT2D eigenvalue weighted by atomic mass is 19.1. The maximum absolute atomic E-state index is 14.2. The summed E-state index contributed by atoms with van der Waals surface area (Å²) in [6.07, 6.45) is 5.46. The van der Waals surface area contributed by atoms with Crippen molar-refractivity contribution in [2.24, 2.45) is 5.41 Å². The molecule has 0 aromatic heterocycles. The Morgan fingerprint density at radius 1 is 1.08 bits per heavy atom. The third kappa shape index (κ3) is 3.08. The van der Waals surface area contributed by atoms with Crippen LogP contribution >= 0.6 is 0 Å². The Hall–Kier alpha value is -1.69. The maximum atomic E-state index is 14.2. The Kier molecular flexibility index (Phi) is 4.63. The van der Waals surface area contributed by atoms with Crippen molar-refractivity contribution in [1.82, 2.24) is 4.90 Å². The van der Waals surface area contributed by atoms with Gasteiger partial charge in [0.25, 0.3) is 0 Å². The molecule has 2 aliphatic heterocycles. The highest BCUT2D eigenvalue weighted by Gasteiger charge is 2.50. The molecule has 6 heteroatoms. The zero-order valence-electron chi connectivity index (χ0n) is 15.0. The first kappa shape index (κ1) is 17.7. The summed E-state index contributed by atoms with van der Waals surface area (Å²) >= 11 is 0. The quantitative estimate of drug-likeness (QED) is 0.877. The second kappa shape index (κ2) is 6.80. The molecule has 0 radical (unpaired) electrons. The summed E-state index contributed by atoms with van der Waals surface area (Å²) < 4.78 is 27.4. The van der Waals surface area contributed by atoms with Gasteiger partial charge in [-0.2, -0.15) is 0 Å². The van der Waals surface area contributed by atoms with Crippen LogP contribution in [0.15, 0.2) is 18.2 Å². The molecule has 1 aromatic carbocycles. The van der Waals surface area contributed by atoms with Crippen molar-refractivity contribution in [1.29, 1.82) is 0 Å². The number of likely N-dealkylation sites (tertiary alicyclic amines) is 1. The molecule has 1 spiro atoms. The van der Waals surface area contributed by atoms with Gasteiger partial charge >= 0.3 is 0 Å². The molecule has 4 rings (SSSR count). The molecule has 1 unspecified atom stereocenters. The van der Waals surface area contributed by atoms with E-state index < -0.39 is 17.0 Å². The van der Waals surface area contributed by atoms with Crippen LogP contribution in [0, 0.1) is 17.0 Å². The molecule has 0 bridgehead atoms. The van der Waals surface area contributed by atoms with Crippen molar-refractivity contribution >= 4 is 11.6 Å². The summed E-state index contributed by atoms with van der Waals surface area (Å²) in [6.45, 7) is 1.94. The number of anilines is 1. The number of nitrogens with zero attached hydrogens (tertiary/aromatic N) is 2. The molecule has 2 saturated heterocycles. The van der Waals surface area contributed by atoms with Crippen molar-refractivity contribution in [3.8, 4) is 0 Å². The van der Waals surface area contributed by atoms with Crippen LogP contribution in [0.1, 0.15) is 44.9 Å². The number of rotatable bonds is 2. The van der Waals surface area contributed by atoms with Gasteiger partial charge in [-0.05, 0) is 57.1 Å². The van der Waals surface area contributed by atoms with E-state index in [2.05, 4.69) is 0 Å². The number of aliphatic hydroxyl groups is 1. The number of amides is 1. The Morgan fingerprint density at radius 3 is 2.58 bits per heavy atom. The molecule has 3 aliphatic rings. The van der Waals surface area contributed by atoms with Gasteiger partial charge in [0.05, 0.1) is 17.2 Å². The summed E-state index contributed by atoms with van der Waals surface area (Å²) in [5.74, 6) is -0.961. The van der Waals surface area contributed by atoms with Crippen LogP contribution in [0.4, 0.5) is 14.5 Å². The topological polar surface area (TPSA) is 43.8 Å². The average molecular weight is 364 g/mol. The monoisotopic (exact) mass is 364 g/mol. The largest absolute Gasteiger partial charge is 0.393 e. The Bertz CT molecular complexity index is 690. The van der Waals surface area contributed by atoms with E-state index in [-0.39, 0.29) is 18.1 Å². The van der Waals surface area contributed by atoms with Gasteiger partial charge < -0.3 is 14.9 Å². The predicted octanol–water partition coefficient (Wildman–Crippen LogP) is 3.09. The number of carbonyl (C=O) groups excluding carboxylic acids is 1. The van der Waals surface area contributed by atoms with Crippen molar-refractivity contribution in [2.45, 2.75) is 57.1 Å². The number of hydrogen-bond donors (Lipinski definition) is 1. The van der Waals surface area contributed by atoms with Gasteiger partial charge in [0, 0.05) is 31.7 Å². The van der Waals surface area contributed by atoms with Gasteiger partial charge in [-0.15, -0.1) is 0 Å². The van der Waals surface area contributed by atoms with E-state index in [9.17, 15) is 18.7 Å². The highest BCUT2D eigenvalue weighted by molar-refractivity contribution is 5.86. The molecule has 3 fully saturated rings. The van der Waals surface area contributed by atoms with Crippen molar-refractivity contribution in [2.75, 3.05) is 24.5 Å². The lowest BCUT2D eigenvalue weighted by atomic mass is 9.78. The minimum absolute atomic E-state index is 0.186. The molecular formula is C20H26F2N2O2. The van der Waals surface area contributed by atoms with Crippen molar-refractivity contribution in [3.05, 3.63) is 29.8 Å². The lowest BCUT2D eigenvalue weighted by Gasteiger charge is -2.41. The molecule has 1 aliphatic carbocycles. The SMILES string of the molecule is O=C1N([C@H]2CC[C@H](O)CC2)CCC12CCCN(c1ccc(F)cc1F)C2. The van der Waals surface area contributed by atoms with E-state index in [1.807, 2.05) is 9.80 Å². The molecule has 1 N–H and O–H groups in total. The van der Waals surface area contributed by atoms with Gasteiger partial charge in [0.1, 0.15) is 11.6 Å². The van der Waals surface area contributed by atoms with Gasteiger partial charge in [-0.1, -0.05) is 0 Å². The number of piperidine rings is 1. The van der Waals surface area contributed by atoms with E-state index >= 15 is 0 Å². The minimum Gasteiger partial charge on any atom is -0.393 e. The molecular weight excluding hydrogens is 338 g/mol. The fourth-order valence-corrected chi connectivity index (χ4v) is 5.02. The first-order valence-electron chi connectivity index (χ1n) is 9.68. The summed E-state index contributed by atoms with van der Waals surface area (Å²) in [4.78, 5) is 17.2. The summed E-state index contributed by atoms with van der Waals surface area (Å²) in [5, 5.41) is 9.71. The lowest BCUT2D eigenvalue weighted by molar-refractivity contribution is -0.139. The molecule has 1 atom stereocenters. The Balaban J connectivity index is 1.50. The fraction of sp³-hybridized carbons (Fsp3) is 0.650. The Morgan fingerprint density at radius 2 is 1.85 bits per heavy atom. The summed E-state index contributed by atoms with van der Waals surface area (Å²) in [7, 11) is 0.